The first-order valence-corrected chi connectivity index (χ1v) is 16.6. The molecule has 1 unspecified atom stereocenters. The second-order valence-corrected chi connectivity index (χ2v) is 12.7. The highest BCUT2D eigenvalue weighted by molar-refractivity contribution is 6.30. The summed E-state index contributed by atoms with van der Waals surface area (Å²) in [6, 6.07) is 15.6. The van der Waals surface area contributed by atoms with Crippen molar-refractivity contribution in [3.63, 3.8) is 0 Å². The second kappa shape index (κ2) is 15.6. The Balaban J connectivity index is 1.73. The maximum absolute atomic E-state index is 13.7. The number of halogens is 2. The van der Waals surface area contributed by atoms with Crippen molar-refractivity contribution in [2.45, 2.75) is 39.3 Å². The lowest BCUT2D eigenvalue weighted by Gasteiger charge is -2.24. The van der Waals surface area contributed by atoms with Gasteiger partial charge in [-0.3, -0.25) is 4.79 Å². The van der Waals surface area contributed by atoms with E-state index in [2.05, 4.69) is 15.3 Å². The highest BCUT2D eigenvalue weighted by Crippen LogP contribution is 2.38. The molecule has 0 radical (unpaired) electrons. The summed E-state index contributed by atoms with van der Waals surface area (Å²) < 4.78 is 19.7. The van der Waals surface area contributed by atoms with E-state index in [1.807, 2.05) is 64.3 Å². The van der Waals surface area contributed by atoms with Gasteiger partial charge in [-0.25, -0.2) is 14.5 Å². The molecule has 3 heterocycles. The van der Waals surface area contributed by atoms with Gasteiger partial charge in [0.15, 0.2) is 5.69 Å². The number of rotatable bonds is 13. The molecule has 0 saturated heterocycles. The number of aromatic nitrogens is 5. The molecule has 0 saturated carbocycles. The summed E-state index contributed by atoms with van der Waals surface area (Å²) in [6.45, 7) is 6.13. The number of methoxy groups -OCH3 is 2. The molecule has 5 aromatic rings. The van der Waals surface area contributed by atoms with Gasteiger partial charge in [-0.2, -0.15) is 10.1 Å². The van der Waals surface area contributed by atoms with Crippen molar-refractivity contribution < 1.29 is 19.0 Å². The Morgan fingerprint density at radius 2 is 1.72 bits per heavy atom. The molecule has 0 aliphatic heterocycles. The SMILES string of the molecule is CCOC(=O)c1nn(-c2cnc(N(C)C)nc2OC)c(C(C)C)c1C(Nc1cc(Cl)c(=O)n(Cc2ccc(OC)cc2)c1)c1ccc(Cl)cc1. The number of carbonyl (C=O) groups is 1. The number of benzene rings is 2. The van der Waals surface area contributed by atoms with Crippen molar-refractivity contribution in [1.29, 1.82) is 0 Å². The Labute approximate surface area is 300 Å². The van der Waals surface area contributed by atoms with Gasteiger partial charge in [0.05, 0.1) is 51.0 Å². The van der Waals surface area contributed by atoms with Gasteiger partial charge in [0.1, 0.15) is 16.5 Å². The summed E-state index contributed by atoms with van der Waals surface area (Å²) in [6.07, 6.45) is 3.31. The minimum absolute atomic E-state index is 0.0200. The predicted molar refractivity (Wildman–Crippen MR) is 195 cm³/mol. The summed E-state index contributed by atoms with van der Waals surface area (Å²) in [5.74, 6) is 0.622. The maximum Gasteiger partial charge on any atom is 0.359 e. The van der Waals surface area contributed by atoms with Crippen LogP contribution in [0.1, 0.15) is 65.6 Å². The summed E-state index contributed by atoms with van der Waals surface area (Å²) in [5.41, 5.74) is 3.55. The topological polar surface area (TPSA) is 126 Å². The first-order chi connectivity index (χ1) is 23.9. The van der Waals surface area contributed by atoms with E-state index in [0.717, 1.165) is 11.1 Å². The lowest BCUT2D eigenvalue weighted by molar-refractivity contribution is 0.0517. The lowest BCUT2D eigenvalue weighted by atomic mass is 9.92. The van der Waals surface area contributed by atoms with Gasteiger partial charge in [0.25, 0.3) is 5.56 Å². The van der Waals surface area contributed by atoms with E-state index in [1.165, 1.54) is 11.7 Å². The summed E-state index contributed by atoms with van der Waals surface area (Å²) in [7, 11) is 6.76. The number of ether oxygens (including phenoxy) is 3. The van der Waals surface area contributed by atoms with Crippen LogP contribution < -0.4 is 25.2 Å². The molecule has 0 aliphatic rings. The van der Waals surface area contributed by atoms with Crippen LogP contribution in [-0.4, -0.2) is 65.2 Å². The van der Waals surface area contributed by atoms with Crippen molar-refractivity contribution in [2.24, 2.45) is 0 Å². The molecule has 0 amide bonds. The van der Waals surface area contributed by atoms with Crippen LogP contribution >= 0.6 is 23.2 Å². The molecule has 1 atom stereocenters. The third-order valence-corrected chi connectivity index (χ3v) is 8.40. The Hall–Kier alpha value is -5.07. The van der Waals surface area contributed by atoms with Gasteiger partial charge >= 0.3 is 5.97 Å². The highest BCUT2D eigenvalue weighted by atomic mass is 35.5. The van der Waals surface area contributed by atoms with Crippen LogP contribution in [0.25, 0.3) is 5.69 Å². The molecule has 3 aromatic heterocycles. The number of pyridine rings is 1. The highest BCUT2D eigenvalue weighted by Gasteiger charge is 2.34. The molecule has 50 heavy (non-hydrogen) atoms. The molecule has 0 fully saturated rings. The zero-order chi connectivity index (χ0) is 36.1. The molecular formula is C36H39Cl2N7O5. The second-order valence-electron chi connectivity index (χ2n) is 11.9. The van der Waals surface area contributed by atoms with E-state index in [1.54, 1.807) is 54.2 Å². The molecule has 12 nitrogen and oxygen atoms in total. The van der Waals surface area contributed by atoms with Crippen molar-refractivity contribution in [3.05, 3.63) is 115 Å². The summed E-state index contributed by atoms with van der Waals surface area (Å²) >= 11 is 12.9. The van der Waals surface area contributed by atoms with Gasteiger partial charge in [-0.1, -0.05) is 61.3 Å². The fourth-order valence-electron chi connectivity index (χ4n) is 5.55. The average molecular weight is 721 g/mol. The van der Waals surface area contributed by atoms with Crippen LogP contribution in [0, 0.1) is 0 Å². The molecule has 0 bridgehead atoms. The van der Waals surface area contributed by atoms with Crippen LogP contribution in [0.3, 0.4) is 0 Å². The monoisotopic (exact) mass is 719 g/mol. The Kier molecular flexibility index (Phi) is 11.3. The number of anilines is 2. The van der Waals surface area contributed by atoms with Crippen molar-refractivity contribution in [3.8, 4) is 17.3 Å². The van der Waals surface area contributed by atoms with Gasteiger partial charge in [-0.15, -0.1) is 0 Å². The molecule has 262 valence electrons. The van der Waals surface area contributed by atoms with Crippen LogP contribution in [0.2, 0.25) is 10.0 Å². The molecule has 1 N–H and O–H groups in total. The van der Waals surface area contributed by atoms with Gasteiger partial charge in [0, 0.05) is 30.9 Å². The van der Waals surface area contributed by atoms with Gasteiger partial charge in [-0.05, 0) is 54.3 Å². The van der Waals surface area contributed by atoms with Crippen LogP contribution in [-0.2, 0) is 11.3 Å². The summed E-state index contributed by atoms with van der Waals surface area (Å²) in [5, 5.41) is 8.95. The van der Waals surface area contributed by atoms with E-state index in [0.29, 0.717) is 39.4 Å². The number of nitrogens with one attached hydrogen (secondary N) is 1. The number of hydrogen-bond donors (Lipinski definition) is 1. The van der Waals surface area contributed by atoms with E-state index in [-0.39, 0.29) is 41.2 Å². The Morgan fingerprint density at radius 3 is 2.32 bits per heavy atom. The molecule has 14 heteroatoms. The third-order valence-electron chi connectivity index (χ3n) is 7.88. The lowest BCUT2D eigenvalue weighted by Crippen LogP contribution is -2.23. The number of esters is 1. The van der Waals surface area contributed by atoms with E-state index in [4.69, 9.17) is 42.5 Å². The number of hydrogen-bond acceptors (Lipinski definition) is 10. The summed E-state index contributed by atoms with van der Waals surface area (Å²) in [4.78, 5) is 37.8. The predicted octanol–water partition coefficient (Wildman–Crippen LogP) is 6.76. The fourth-order valence-corrected chi connectivity index (χ4v) is 5.90. The van der Waals surface area contributed by atoms with Crippen LogP contribution in [0.15, 0.2) is 71.8 Å². The molecule has 2 aromatic carbocycles. The standard InChI is InChI=1S/C36H39Cl2N7O5/c1-8-50-35(47)31-29(32(21(2)3)45(42-31)28-18-39-36(43(4)5)41-33(28)49-7)30(23-11-13-24(37)14-12-23)40-25-17-27(38)34(46)44(20-25)19-22-9-15-26(48-6)16-10-22/h9-18,20-21,30,40H,8,19H2,1-7H3. The zero-order valence-corrected chi connectivity index (χ0v) is 30.4. The normalized spacial score (nSPS) is 11.7. The number of carbonyl (C=O) groups excluding carboxylic acids is 1. The van der Waals surface area contributed by atoms with Crippen molar-refractivity contribution in [1.82, 2.24) is 24.3 Å². The molecule has 0 aliphatic carbocycles. The number of nitrogens with zero attached hydrogens (tertiary/aromatic N) is 6. The maximum atomic E-state index is 13.7. The largest absolute Gasteiger partial charge is 0.497 e. The van der Waals surface area contributed by atoms with E-state index in [9.17, 15) is 9.59 Å². The minimum Gasteiger partial charge on any atom is -0.497 e. The van der Waals surface area contributed by atoms with Crippen molar-refractivity contribution in [2.75, 3.05) is 45.1 Å². The average Bonchev–Trinajstić information content (AvgIpc) is 3.50. The molecular weight excluding hydrogens is 681 g/mol. The van der Waals surface area contributed by atoms with E-state index >= 15 is 0 Å². The first kappa shape index (κ1) is 36.2. The quantitative estimate of drug-likeness (QED) is 0.130. The van der Waals surface area contributed by atoms with E-state index < -0.39 is 12.0 Å². The molecule has 5 rings (SSSR count). The van der Waals surface area contributed by atoms with Crippen molar-refractivity contribution >= 4 is 40.8 Å². The Bertz CT molecular complexity index is 2030. The fraction of sp³-hybridized carbons (Fsp3) is 0.306. The van der Waals surface area contributed by atoms with Gasteiger partial charge in [0.2, 0.25) is 11.8 Å². The van der Waals surface area contributed by atoms with Crippen LogP contribution in [0.5, 0.6) is 11.6 Å². The smallest absolute Gasteiger partial charge is 0.359 e. The van der Waals surface area contributed by atoms with Gasteiger partial charge < -0.3 is 29.0 Å². The Morgan fingerprint density at radius 1 is 1.02 bits per heavy atom. The third kappa shape index (κ3) is 7.71. The van der Waals surface area contributed by atoms with Crippen LogP contribution in [0.4, 0.5) is 11.6 Å². The molecule has 0 spiro atoms. The first-order valence-electron chi connectivity index (χ1n) is 15.9. The minimum atomic E-state index is -0.700. The zero-order valence-electron chi connectivity index (χ0n) is 28.9.